The number of nitrogens with one attached hydrogen (secondary N) is 1. The van der Waals surface area contributed by atoms with Crippen molar-refractivity contribution in [3.05, 3.63) is 64.7 Å². The van der Waals surface area contributed by atoms with Crippen LogP contribution in [0, 0.1) is 0 Å². The molecule has 2 rings (SSSR count). The van der Waals surface area contributed by atoms with E-state index in [-0.39, 0.29) is 29.8 Å². The molecular weight excluding hydrogens is 643 g/mol. The third-order valence-electron chi connectivity index (χ3n) is 6.08. The van der Waals surface area contributed by atoms with E-state index in [1.165, 1.54) is 12.1 Å². The number of carboxylic acid groups (broad SMARTS) is 1. The van der Waals surface area contributed by atoms with Gasteiger partial charge < -0.3 is 5.11 Å². The van der Waals surface area contributed by atoms with Gasteiger partial charge in [-0.05, 0) is 54.7 Å². The van der Waals surface area contributed by atoms with Gasteiger partial charge in [-0.15, -0.1) is 0 Å². The highest BCUT2D eigenvalue weighted by atomic mass is 35.5. The van der Waals surface area contributed by atoms with Crippen molar-refractivity contribution in [3.63, 3.8) is 0 Å². The smallest absolute Gasteiger partial charge is 0.438 e. The number of rotatable bonds is 13. The van der Waals surface area contributed by atoms with Gasteiger partial charge in [-0.3, -0.25) is 4.79 Å². The van der Waals surface area contributed by atoms with Crippen LogP contribution in [0.5, 0.6) is 0 Å². The van der Waals surface area contributed by atoms with Crippen LogP contribution in [0.3, 0.4) is 0 Å². The van der Waals surface area contributed by atoms with Crippen LogP contribution in [0.15, 0.2) is 53.4 Å². The zero-order chi connectivity index (χ0) is 32.4. The van der Waals surface area contributed by atoms with Crippen LogP contribution in [0.2, 0.25) is 5.02 Å². The van der Waals surface area contributed by atoms with E-state index in [1.807, 2.05) is 4.72 Å². The largest absolute Gasteiger partial charge is 0.481 e. The molecule has 0 aliphatic carbocycles. The van der Waals surface area contributed by atoms with Crippen molar-refractivity contribution in [2.45, 2.75) is 72.9 Å². The summed E-state index contributed by atoms with van der Waals surface area (Å²) in [6.07, 6.45) is -18.9. The highest BCUT2D eigenvalue weighted by Gasteiger charge is 2.89. The molecule has 2 aromatic carbocycles. The van der Waals surface area contributed by atoms with Crippen LogP contribution < -0.4 is 4.72 Å². The number of carbonyl (C=O) groups is 1. The van der Waals surface area contributed by atoms with E-state index >= 15 is 0 Å². The number of sulfonamides is 1. The fraction of sp³-hybridized carbons (Fsp3) is 0.458. The molecule has 42 heavy (non-hydrogen) atoms. The molecule has 0 amide bonds. The Morgan fingerprint density at radius 2 is 1.33 bits per heavy atom. The first-order chi connectivity index (χ1) is 19.0. The number of alkyl halides is 11. The number of aryl methyl sites for hydroxylation is 1. The number of halogens is 12. The van der Waals surface area contributed by atoms with Crippen molar-refractivity contribution >= 4 is 27.6 Å². The minimum atomic E-state index is -7.63. The molecular formula is C24H21ClF11NO4S. The molecule has 2 N–H and O–H groups in total. The Hall–Kier alpha value is -2.66. The maximum atomic E-state index is 14.5. The normalized spacial score (nSPS) is 14.6. The summed E-state index contributed by atoms with van der Waals surface area (Å²) in [5.41, 5.74) is -7.40. The van der Waals surface area contributed by atoms with Gasteiger partial charge in [0.2, 0.25) is 10.0 Å². The number of benzene rings is 2. The predicted molar refractivity (Wildman–Crippen MR) is 127 cm³/mol. The third-order valence-corrected chi connectivity index (χ3v) is 7.82. The van der Waals surface area contributed by atoms with Crippen molar-refractivity contribution in [1.82, 2.24) is 4.72 Å². The average Bonchev–Trinajstić information content (AvgIpc) is 2.85. The Morgan fingerprint density at radius 3 is 1.79 bits per heavy atom. The SMILES string of the molecule is O=C(O)CCCc1ccc(C(CCC(F)(F)C(F)(F)C(F)(C(F)(F)F)C(F)(F)F)NS(=O)(=O)c2ccc(Cl)cc2)cc1. The summed E-state index contributed by atoms with van der Waals surface area (Å²) in [6.45, 7) is 0. The van der Waals surface area contributed by atoms with Gasteiger partial charge in [-0.1, -0.05) is 35.9 Å². The van der Waals surface area contributed by atoms with Gasteiger partial charge in [0.25, 0.3) is 0 Å². The lowest BCUT2D eigenvalue weighted by Crippen LogP contribution is -2.70. The molecule has 0 fully saturated rings. The summed E-state index contributed by atoms with van der Waals surface area (Å²) < 4.78 is 176. The van der Waals surface area contributed by atoms with Gasteiger partial charge >= 0.3 is 35.8 Å². The van der Waals surface area contributed by atoms with E-state index in [4.69, 9.17) is 16.7 Å². The Labute approximate surface area is 236 Å². The molecule has 1 unspecified atom stereocenters. The van der Waals surface area contributed by atoms with Gasteiger partial charge in [-0.2, -0.15) is 43.9 Å². The van der Waals surface area contributed by atoms with E-state index in [0.717, 1.165) is 36.4 Å². The van der Waals surface area contributed by atoms with Crippen LogP contribution in [-0.2, 0) is 21.2 Å². The van der Waals surface area contributed by atoms with E-state index in [2.05, 4.69) is 0 Å². The highest BCUT2D eigenvalue weighted by molar-refractivity contribution is 7.89. The first-order valence-electron chi connectivity index (χ1n) is 11.6. The molecule has 0 saturated carbocycles. The number of hydrogen-bond acceptors (Lipinski definition) is 3. The monoisotopic (exact) mass is 663 g/mol. The van der Waals surface area contributed by atoms with Crippen molar-refractivity contribution in [3.8, 4) is 0 Å². The molecule has 236 valence electrons. The molecule has 0 radical (unpaired) electrons. The summed E-state index contributed by atoms with van der Waals surface area (Å²) in [5.74, 6) is -14.7. The molecule has 0 spiro atoms. The zero-order valence-electron chi connectivity index (χ0n) is 20.8. The zero-order valence-corrected chi connectivity index (χ0v) is 22.4. The molecule has 2 aromatic rings. The minimum Gasteiger partial charge on any atom is -0.481 e. The lowest BCUT2D eigenvalue weighted by atomic mass is 9.87. The van der Waals surface area contributed by atoms with E-state index < -0.39 is 69.6 Å². The van der Waals surface area contributed by atoms with Crippen molar-refractivity contribution in [2.75, 3.05) is 0 Å². The Balaban J connectivity index is 2.46. The molecule has 0 saturated heterocycles. The van der Waals surface area contributed by atoms with Crippen LogP contribution in [0.1, 0.15) is 42.9 Å². The number of hydrogen-bond donors (Lipinski definition) is 2. The second-order valence-corrected chi connectivity index (χ2v) is 11.2. The first-order valence-corrected chi connectivity index (χ1v) is 13.5. The molecule has 1 atom stereocenters. The quantitative estimate of drug-likeness (QED) is 0.216. The van der Waals surface area contributed by atoms with Crippen molar-refractivity contribution in [2.24, 2.45) is 0 Å². The second-order valence-electron chi connectivity index (χ2n) is 9.09. The number of aliphatic carboxylic acids is 1. The number of carboxylic acids is 1. The van der Waals surface area contributed by atoms with E-state index in [0.29, 0.717) is 5.56 Å². The van der Waals surface area contributed by atoms with Crippen LogP contribution in [0.25, 0.3) is 0 Å². The van der Waals surface area contributed by atoms with Gasteiger partial charge in [-0.25, -0.2) is 17.5 Å². The fourth-order valence-electron chi connectivity index (χ4n) is 3.77. The van der Waals surface area contributed by atoms with Crippen LogP contribution >= 0.6 is 11.6 Å². The van der Waals surface area contributed by atoms with E-state index in [9.17, 15) is 61.5 Å². The van der Waals surface area contributed by atoms with Gasteiger partial charge in [0.05, 0.1) is 4.90 Å². The fourth-order valence-corrected chi connectivity index (χ4v) is 5.16. The summed E-state index contributed by atoms with van der Waals surface area (Å²) in [7, 11) is -4.68. The molecule has 0 aliphatic rings. The van der Waals surface area contributed by atoms with Gasteiger partial charge in [0.15, 0.2) is 0 Å². The predicted octanol–water partition coefficient (Wildman–Crippen LogP) is 7.65. The summed E-state index contributed by atoms with van der Waals surface area (Å²) >= 11 is 5.68. The van der Waals surface area contributed by atoms with Crippen molar-refractivity contribution in [1.29, 1.82) is 0 Å². The molecule has 0 aromatic heterocycles. The maximum Gasteiger partial charge on any atom is 0.438 e. The van der Waals surface area contributed by atoms with Crippen LogP contribution in [-0.4, -0.2) is 49.4 Å². The van der Waals surface area contributed by atoms with Crippen LogP contribution in [0.4, 0.5) is 48.3 Å². The molecule has 0 bridgehead atoms. The topological polar surface area (TPSA) is 83.5 Å². The molecule has 5 nitrogen and oxygen atoms in total. The van der Waals surface area contributed by atoms with Gasteiger partial charge in [0, 0.05) is 23.9 Å². The average molecular weight is 664 g/mol. The Kier molecular flexibility index (Phi) is 10.6. The summed E-state index contributed by atoms with van der Waals surface area (Å²) in [6, 6.07) is 6.98. The minimum absolute atomic E-state index is 0.0786. The Morgan fingerprint density at radius 1 is 0.833 bits per heavy atom. The molecule has 0 heterocycles. The molecule has 18 heteroatoms. The third kappa shape index (κ3) is 7.64. The second kappa shape index (κ2) is 12.5. The van der Waals surface area contributed by atoms with E-state index in [1.54, 1.807) is 0 Å². The van der Waals surface area contributed by atoms with Gasteiger partial charge in [0.1, 0.15) is 0 Å². The molecule has 0 aliphatic heterocycles. The van der Waals surface area contributed by atoms with Crippen molar-refractivity contribution < 1.29 is 66.6 Å². The standard InChI is InChI=1S/C24H21ClF11NO4S/c25-16-8-10-17(11-9-16)42(40,41)37-18(15-6-4-14(5-7-15)2-1-3-19(38)39)12-13-20(26,27)22(29,30)21(28,23(31,32)33)24(34,35)36/h4-11,18,37H,1-3,12-13H2,(H,38,39). The lowest BCUT2D eigenvalue weighted by Gasteiger charge is -2.40. The summed E-state index contributed by atoms with van der Waals surface area (Å²) in [5, 5.41) is 8.79. The maximum absolute atomic E-state index is 14.5. The summed E-state index contributed by atoms with van der Waals surface area (Å²) in [4.78, 5) is 10.1. The Bertz CT molecular complexity index is 1320. The lowest BCUT2D eigenvalue weighted by molar-refractivity contribution is -0.427. The highest BCUT2D eigenvalue weighted by Crippen LogP contribution is 2.60. The first kappa shape index (κ1) is 35.5.